The Kier molecular flexibility index (Phi) is 5.97. The van der Waals surface area contributed by atoms with Crippen LogP contribution in [0.1, 0.15) is 19.0 Å². The Labute approximate surface area is 91.5 Å². The van der Waals surface area contributed by atoms with Crippen LogP contribution in [0.15, 0.2) is 24.4 Å². The van der Waals surface area contributed by atoms with E-state index in [4.69, 9.17) is 5.11 Å². The lowest BCUT2D eigenvalue weighted by molar-refractivity contribution is 0.260. The first-order valence-corrected chi connectivity index (χ1v) is 5.54. The summed E-state index contributed by atoms with van der Waals surface area (Å²) in [4.78, 5) is 4.25. The third-order valence-corrected chi connectivity index (χ3v) is 2.40. The van der Waals surface area contributed by atoms with Crippen molar-refractivity contribution in [2.24, 2.45) is 5.92 Å². The molecule has 0 aromatic carbocycles. The molecule has 1 heterocycles. The zero-order valence-electron chi connectivity index (χ0n) is 9.32. The van der Waals surface area contributed by atoms with Crippen LogP contribution in [0.4, 0.5) is 0 Å². The highest BCUT2D eigenvalue weighted by Gasteiger charge is 2.00. The van der Waals surface area contributed by atoms with Gasteiger partial charge in [0.15, 0.2) is 0 Å². The van der Waals surface area contributed by atoms with E-state index in [0.717, 1.165) is 31.6 Å². The van der Waals surface area contributed by atoms with Crippen molar-refractivity contribution in [1.82, 2.24) is 10.3 Å². The Morgan fingerprint density at radius 2 is 2.33 bits per heavy atom. The minimum Gasteiger partial charge on any atom is -0.396 e. The summed E-state index contributed by atoms with van der Waals surface area (Å²) in [6.07, 6.45) is 3.66. The third-order valence-electron chi connectivity index (χ3n) is 2.40. The summed E-state index contributed by atoms with van der Waals surface area (Å²) >= 11 is 0. The fourth-order valence-corrected chi connectivity index (χ4v) is 1.43. The van der Waals surface area contributed by atoms with Gasteiger partial charge in [0.2, 0.25) is 0 Å². The summed E-state index contributed by atoms with van der Waals surface area (Å²) in [5.41, 5.74) is 1.12. The van der Waals surface area contributed by atoms with Crippen LogP contribution in [0.3, 0.4) is 0 Å². The molecule has 0 saturated heterocycles. The molecule has 3 heteroatoms. The van der Waals surface area contributed by atoms with Gasteiger partial charge >= 0.3 is 0 Å². The number of rotatable bonds is 7. The lowest BCUT2D eigenvalue weighted by atomic mass is 10.1. The highest BCUT2D eigenvalue weighted by molar-refractivity contribution is 5.03. The second kappa shape index (κ2) is 7.37. The second-order valence-electron chi connectivity index (χ2n) is 3.89. The summed E-state index contributed by atoms with van der Waals surface area (Å²) in [6, 6.07) is 5.98. The van der Waals surface area contributed by atoms with E-state index in [1.54, 1.807) is 0 Å². The van der Waals surface area contributed by atoms with E-state index in [2.05, 4.69) is 17.2 Å². The molecule has 3 nitrogen and oxygen atoms in total. The summed E-state index contributed by atoms with van der Waals surface area (Å²) in [7, 11) is 0. The largest absolute Gasteiger partial charge is 0.396 e. The molecule has 0 amide bonds. The van der Waals surface area contributed by atoms with Crippen molar-refractivity contribution in [2.45, 2.75) is 19.8 Å². The second-order valence-corrected chi connectivity index (χ2v) is 3.89. The standard InChI is InChI=1S/C12H20N2O/c1-11(6-9-15)10-13-8-5-12-4-2-3-7-14-12/h2-4,7,11,13,15H,5-6,8-10H2,1H3. The van der Waals surface area contributed by atoms with E-state index in [1.165, 1.54) is 0 Å². The Bertz CT molecular complexity index is 251. The first-order valence-electron chi connectivity index (χ1n) is 5.54. The molecule has 1 unspecified atom stereocenters. The average Bonchev–Trinajstić information content (AvgIpc) is 2.26. The van der Waals surface area contributed by atoms with Crippen molar-refractivity contribution in [3.8, 4) is 0 Å². The van der Waals surface area contributed by atoms with Gasteiger partial charge in [-0.15, -0.1) is 0 Å². The number of nitrogens with one attached hydrogen (secondary N) is 1. The van der Waals surface area contributed by atoms with Crippen LogP contribution in [0.5, 0.6) is 0 Å². The predicted molar refractivity (Wildman–Crippen MR) is 61.7 cm³/mol. The van der Waals surface area contributed by atoms with Gasteiger partial charge in [-0.05, 0) is 31.0 Å². The molecule has 84 valence electrons. The highest BCUT2D eigenvalue weighted by atomic mass is 16.3. The zero-order chi connectivity index (χ0) is 10.9. The molecule has 0 spiro atoms. The van der Waals surface area contributed by atoms with Crippen LogP contribution < -0.4 is 5.32 Å². The lowest BCUT2D eigenvalue weighted by Crippen LogP contribution is -2.24. The molecule has 1 aromatic heterocycles. The maximum atomic E-state index is 8.73. The van der Waals surface area contributed by atoms with Gasteiger partial charge in [0.1, 0.15) is 0 Å². The van der Waals surface area contributed by atoms with E-state index in [0.29, 0.717) is 5.92 Å². The van der Waals surface area contributed by atoms with Gasteiger partial charge in [0.05, 0.1) is 0 Å². The number of aliphatic hydroxyl groups is 1. The molecule has 0 saturated carbocycles. The van der Waals surface area contributed by atoms with E-state index in [9.17, 15) is 0 Å². The number of nitrogens with zero attached hydrogens (tertiary/aromatic N) is 1. The van der Waals surface area contributed by atoms with Crippen LogP contribution in [0.25, 0.3) is 0 Å². The summed E-state index contributed by atoms with van der Waals surface area (Å²) in [5.74, 6) is 0.540. The van der Waals surface area contributed by atoms with E-state index >= 15 is 0 Å². The Balaban J connectivity index is 2.07. The molecular weight excluding hydrogens is 188 g/mol. The SMILES string of the molecule is CC(CCO)CNCCc1ccccn1. The molecule has 0 fully saturated rings. The lowest BCUT2D eigenvalue weighted by Gasteiger charge is -2.10. The Morgan fingerprint density at radius 3 is 3.00 bits per heavy atom. The Morgan fingerprint density at radius 1 is 1.47 bits per heavy atom. The van der Waals surface area contributed by atoms with Crippen LogP contribution in [-0.4, -0.2) is 29.8 Å². The molecule has 0 aliphatic heterocycles. The van der Waals surface area contributed by atoms with Crippen molar-refractivity contribution in [2.75, 3.05) is 19.7 Å². The molecular formula is C12H20N2O. The number of hydrogen-bond donors (Lipinski definition) is 2. The molecule has 1 atom stereocenters. The van der Waals surface area contributed by atoms with E-state index < -0.39 is 0 Å². The zero-order valence-corrected chi connectivity index (χ0v) is 9.32. The fourth-order valence-electron chi connectivity index (χ4n) is 1.43. The Hall–Kier alpha value is -0.930. The van der Waals surface area contributed by atoms with Gasteiger partial charge in [0, 0.05) is 31.5 Å². The molecule has 0 aliphatic rings. The van der Waals surface area contributed by atoms with Gasteiger partial charge in [-0.1, -0.05) is 13.0 Å². The molecule has 0 aliphatic carbocycles. The minimum atomic E-state index is 0.281. The van der Waals surface area contributed by atoms with Crippen molar-refractivity contribution in [3.63, 3.8) is 0 Å². The first-order chi connectivity index (χ1) is 7.33. The summed E-state index contributed by atoms with van der Waals surface area (Å²) < 4.78 is 0. The van der Waals surface area contributed by atoms with Crippen molar-refractivity contribution in [1.29, 1.82) is 0 Å². The third kappa shape index (κ3) is 5.50. The summed E-state index contributed by atoms with van der Waals surface area (Å²) in [6.45, 7) is 4.34. The maximum Gasteiger partial charge on any atom is 0.0434 e. The normalized spacial score (nSPS) is 12.7. The molecule has 1 rings (SSSR count). The van der Waals surface area contributed by atoms with Gasteiger partial charge in [-0.2, -0.15) is 0 Å². The maximum absolute atomic E-state index is 8.73. The van der Waals surface area contributed by atoms with Crippen molar-refractivity contribution >= 4 is 0 Å². The monoisotopic (exact) mass is 208 g/mol. The van der Waals surface area contributed by atoms with Gasteiger partial charge in [0.25, 0.3) is 0 Å². The van der Waals surface area contributed by atoms with Gasteiger partial charge in [-0.3, -0.25) is 4.98 Å². The average molecular weight is 208 g/mol. The molecule has 1 aromatic rings. The van der Waals surface area contributed by atoms with Crippen LogP contribution >= 0.6 is 0 Å². The minimum absolute atomic E-state index is 0.281. The molecule has 2 N–H and O–H groups in total. The van der Waals surface area contributed by atoms with Gasteiger partial charge in [-0.25, -0.2) is 0 Å². The van der Waals surface area contributed by atoms with Crippen molar-refractivity contribution in [3.05, 3.63) is 30.1 Å². The first kappa shape index (κ1) is 12.1. The number of hydrogen-bond acceptors (Lipinski definition) is 3. The van der Waals surface area contributed by atoms with Crippen LogP contribution in [-0.2, 0) is 6.42 Å². The van der Waals surface area contributed by atoms with Crippen molar-refractivity contribution < 1.29 is 5.11 Å². The van der Waals surface area contributed by atoms with Gasteiger partial charge < -0.3 is 10.4 Å². The number of aromatic nitrogens is 1. The predicted octanol–water partition coefficient (Wildman–Crippen LogP) is 1.23. The summed E-state index contributed by atoms with van der Waals surface area (Å²) in [5, 5.41) is 12.1. The molecule has 15 heavy (non-hydrogen) atoms. The number of pyridine rings is 1. The van der Waals surface area contributed by atoms with Crippen LogP contribution in [0, 0.1) is 5.92 Å². The quantitative estimate of drug-likeness (QED) is 0.662. The van der Waals surface area contributed by atoms with E-state index in [1.807, 2.05) is 24.4 Å². The van der Waals surface area contributed by atoms with E-state index in [-0.39, 0.29) is 6.61 Å². The highest BCUT2D eigenvalue weighted by Crippen LogP contribution is 1.98. The molecule has 0 radical (unpaired) electrons. The number of aliphatic hydroxyl groups excluding tert-OH is 1. The smallest absolute Gasteiger partial charge is 0.0434 e. The fraction of sp³-hybridized carbons (Fsp3) is 0.583. The topological polar surface area (TPSA) is 45.1 Å². The molecule has 0 bridgehead atoms. The van der Waals surface area contributed by atoms with Crippen LogP contribution in [0.2, 0.25) is 0 Å².